The molecule has 2 rings (SSSR count). The first kappa shape index (κ1) is 18.8. The van der Waals surface area contributed by atoms with E-state index in [0.717, 1.165) is 11.2 Å². The molecule has 0 fully saturated rings. The molecule has 0 spiro atoms. The van der Waals surface area contributed by atoms with Gasteiger partial charge in [-0.25, -0.2) is 0 Å². The molecule has 0 N–H and O–H groups in total. The molecule has 0 saturated carbocycles. The average Bonchev–Trinajstić information content (AvgIpc) is 2.44. The van der Waals surface area contributed by atoms with E-state index in [9.17, 15) is 0 Å². The predicted octanol–water partition coefficient (Wildman–Crippen LogP) is 6.78. The molecule has 1 aromatic rings. The zero-order valence-electron chi connectivity index (χ0n) is 16.5. The van der Waals surface area contributed by atoms with E-state index >= 15 is 0 Å². The van der Waals surface area contributed by atoms with Gasteiger partial charge in [0.15, 0.2) is 0 Å². The maximum atomic E-state index is 5.06. The molecule has 0 saturated heterocycles. The van der Waals surface area contributed by atoms with Gasteiger partial charge in [-0.05, 0) is 67.6 Å². The van der Waals surface area contributed by atoms with Crippen LogP contribution >= 0.6 is 11.8 Å². The van der Waals surface area contributed by atoms with Crippen LogP contribution in [0.5, 0.6) is 0 Å². The highest BCUT2D eigenvalue weighted by Crippen LogP contribution is 2.49. The Morgan fingerprint density at radius 2 is 1.61 bits per heavy atom. The van der Waals surface area contributed by atoms with Crippen molar-refractivity contribution in [1.82, 2.24) is 4.98 Å². The quantitative estimate of drug-likeness (QED) is 0.591. The largest absolute Gasteiger partial charge is 0.257 e. The van der Waals surface area contributed by atoms with Gasteiger partial charge in [-0.2, -0.15) is 11.8 Å². The Morgan fingerprint density at radius 1 is 1.00 bits per heavy atom. The minimum Gasteiger partial charge on any atom is -0.257 e. The molecular formula is C21H35NS. The van der Waals surface area contributed by atoms with E-state index in [1.165, 1.54) is 23.4 Å². The van der Waals surface area contributed by atoms with Crippen molar-refractivity contribution in [3.63, 3.8) is 0 Å². The highest BCUT2D eigenvalue weighted by Gasteiger charge is 2.34. The standard InChI is InChI=1S/C21H35NS/c1-11(2)18-10-13(5)16(8)23-17(9)19-14(6)15(7)22-21(12(3)4)20(18)19/h11-13,16-18H,10H2,1-9H3/t13-,16-,17+,18?/m1/s1. The van der Waals surface area contributed by atoms with Gasteiger partial charge in [-0.15, -0.1) is 0 Å². The second-order valence-corrected chi connectivity index (χ2v) is 9.96. The van der Waals surface area contributed by atoms with Crippen LogP contribution in [0.1, 0.15) is 100 Å². The molecule has 0 aromatic carbocycles. The van der Waals surface area contributed by atoms with Gasteiger partial charge in [-0.3, -0.25) is 4.98 Å². The number of nitrogens with zero attached hydrogens (tertiary/aromatic N) is 1. The van der Waals surface area contributed by atoms with Gasteiger partial charge < -0.3 is 0 Å². The van der Waals surface area contributed by atoms with Gasteiger partial charge in [0.2, 0.25) is 0 Å². The molecule has 0 bridgehead atoms. The first-order valence-electron chi connectivity index (χ1n) is 9.31. The van der Waals surface area contributed by atoms with E-state index in [-0.39, 0.29) is 0 Å². The smallest absolute Gasteiger partial charge is 0.0470 e. The van der Waals surface area contributed by atoms with Crippen LogP contribution in [0.3, 0.4) is 0 Å². The summed E-state index contributed by atoms with van der Waals surface area (Å²) < 4.78 is 0. The van der Waals surface area contributed by atoms with Crippen molar-refractivity contribution in [2.45, 2.75) is 91.1 Å². The lowest BCUT2D eigenvalue weighted by molar-refractivity contribution is 0.380. The molecule has 0 amide bonds. The van der Waals surface area contributed by atoms with Crippen molar-refractivity contribution >= 4 is 11.8 Å². The molecule has 1 aromatic heterocycles. The van der Waals surface area contributed by atoms with E-state index in [1.54, 1.807) is 11.1 Å². The summed E-state index contributed by atoms with van der Waals surface area (Å²) in [7, 11) is 0. The molecule has 1 nitrogen and oxygen atoms in total. The summed E-state index contributed by atoms with van der Waals surface area (Å²) in [5.41, 5.74) is 7.21. The van der Waals surface area contributed by atoms with Gasteiger partial charge >= 0.3 is 0 Å². The molecule has 4 atom stereocenters. The summed E-state index contributed by atoms with van der Waals surface area (Å²) in [6.45, 7) is 21.1. The second-order valence-electron chi connectivity index (χ2n) is 8.24. The fourth-order valence-electron chi connectivity index (χ4n) is 4.05. The minimum absolute atomic E-state index is 0.494. The summed E-state index contributed by atoms with van der Waals surface area (Å²) >= 11 is 2.16. The number of aryl methyl sites for hydroxylation is 1. The molecule has 1 aliphatic rings. The Morgan fingerprint density at radius 3 is 2.13 bits per heavy atom. The fourth-order valence-corrected chi connectivity index (χ4v) is 5.52. The average molecular weight is 334 g/mol. The maximum absolute atomic E-state index is 5.06. The van der Waals surface area contributed by atoms with Gasteiger partial charge in [0.25, 0.3) is 0 Å². The lowest BCUT2D eigenvalue weighted by Crippen LogP contribution is -2.25. The molecule has 1 aliphatic heterocycles. The minimum atomic E-state index is 0.494. The third-order valence-corrected chi connectivity index (χ3v) is 7.31. The Kier molecular flexibility index (Phi) is 5.87. The highest BCUT2D eigenvalue weighted by molar-refractivity contribution is 8.00. The van der Waals surface area contributed by atoms with Crippen LogP contribution in [0, 0.1) is 25.7 Å². The van der Waals surface area contributed by atoms with E-state index in [2.05, 4.69) is 74.1 Å². The third kappa shape index (κ3) is 3.62. The normalized spacial score (nSPS) is 28.7. The van der Waals surface area contributed by atoms with E-state index in [4.69, 9.17) is 4.98 Å². The van der Waals surface area contributed by atoms with Crippen LogP contribution < -0.4 is 0 Å². The Bertz CT molecular complexity index is 561. The summed E-state index contributed by atoms with van der Waals surface area (Å²) in [6.07, 6.45) is 1.29. The summed E-state index contributed by atoms with van der Waals surface area (Å²) in [5, 5.41) is 1.28. The number of rotatable bonds is 2. The predicted molar refractivity (Wildman–Crippen MR) is 105 cm³/mol. The number of pyridine rings is 1. The number of aromatic nitrogens is 1. The van der Waals surface area contributed by atoms with Crippen LogP contribution in [0.25, 0.3) is 0 Å². The van der Waals surface area contributed by atoms with Crippen LogP contribution in [0.15, 0.2) is 0 Å². The van der Waals surface area contributed by atoms with Crippen molar-refractivity contribution in [2.75, 3.05) is 0 Å². The molecule has 2 heterocycles. The van der Waals surface area contributed by atoms with Crippen LogP contribution in [-0.4, -0.2) is 10.2 Å². The third-order valence-electron chi connectivity index (χ3n) is 5.78. The fraction of sp³-hybridized carbons (Fsp3) is 0.762. The van der Waals surface area contributed by atoms with Crippen LogP contribution in [0.2, 0.25) is 0 Å². The van der Waals surface area contributed by atoms with Crippen molar-refractivity contribution in [1.29, 1.82) is 0 Å². The van der Waals surface area contributed by atoms with Crippen molar-refractivity contribution in [2.24, 2.45) is 11.8 Å². The van der Waals surface area contributed by atoms with Crippen molar-refractivity contribution in [3.05, 3.63) is 28.1 Å². The number of fused-ring (bicyclic) bond motifs is 1. The zero-order chi connectivity index (χ0) is 17.5. The molecule has 2 heteroatoms. The zero-order valence-corrected chi connectivity index (χ0v) is 17.3. The van der Waals surface area contributed by atoms with E-state index < -0.39 is 0 Å². The van der Waals surface area contributed by atoms with Crippen LogP contribution in [0.4, 0.5) is 0 Å². The van der Waals surface area contributed by atoms with Crippen molar-refractivity contribution < 1.29 is 0 Å². The summed E-state index contributed by atoms with van der Waals surface area (Å²) in [4.78, 5) is 5.06. The number of thioether (sulfide) groups is 1. The lowest BCUT2D eigenvalue weighted by atomic mass is 9.75. The van der Waals surface area contributed by atoms with Crippen molar-refractivity contribution in [3.8, 4) is 0 Å². The Hall–Kier alpha value is -0.500. The molecule has 23 heavy (non-hydrogen) atoms. The van der Waals surface area contributed by atoms with Gasteiger partial charge in [-0.1, -0.05) is 41.5 Å². The van der Waals surface area contributed by atoms with Gasteiger partial charge in [0.05, 0.1) is 0 Å². The molecule has 0 aliphatic carbocycles. The molecule has 0 radical (unpaired) electrons. The monoisotopic (exact) mass is 333 g/mol. The van der Waals surface area contributed by atoms with E-state index in [1.807, 2.05) is 0 Å². The van der Waals surface area contributed by atoms with Crippen LogP contribution in [-0.2, 0) is 0 Å². The first-order chi connectivity index (χ1) is 10.6. The molecular weight excluding hydrogens is 298 g/mol. The SMILES string of the molecule is Cc1nc(C(C)C)c2c(c1C)[C@H](C)S[C@H](C)[C@H](C)CC2C(C)C. The maximum Gasteiger partial charge on any atom is 0.0470 e. The van der Waals surface area contributed by atoms with Gasteiger partial charge in [0.1, 0.15) is 0 Å². The molecule has 1 unspecified atom stereocenters. The Labute approximate surface area is 148 Å². The Balaban J connectivity index is 2.77. The highest BCUT2D eigenvalue weighted by atomic mass is 32.2. The topological polar surface area (TPSA) is 12.9 Å². The molecule has 130 valence electrons. The number of hydrogen-bond donors (Lipinski definition) is 0. The van der Waals surface area contributed by atoms with Gasteiger partial charge in [0, 0.05) is 21.9 Å². The number of hydrogen-bond acceptors (Lipinski definition) is 2. The lowest BCUT2D eigenvalue weighted by Gasteiger charge is -2.37. The second kappa shape index (κ2) is 7.17. The first-order valence-corrected chi connectivity index (χ1v) is 10.3. The summed E-state index contributed by atoms with van der Waals surface area (Å²) in [5.74, 6) is 2.55. The summed E-state index contributed by atoms with van der Waals surface area (Å²) in [6, 6.07) is 0. The van der Waals surface area contributed by atoms with E-state index in [0.29, 0.717) is 23.0 Å².